The first-order valence-electron chi connectivity index (χ1n) is 9.28. The normalized spacial score (nSPS) is 16.9. The van der Waals surface area contributed by atoms with Crippen LogP contribution < -0.4 is 4.74 Å². The van der Waals surface area contributed by atoms with Crippen LogP contribution in [-0.4, -0.2) is 29.1 Å². The van der Waals surface area contributed by atoms with E-state index in [-0.39, 0.29) is 5.91 Å². The number of hydrogen-bond donors (Lipinski definition) is 1. The summed E-state index contributed by atoms with van der Waals surface area (Å²) in [5, 5.41) is 10.3. The van der Waals surface area contributed by atoms with Crippen LogP contribution in [0.15, 0.2) is 48.5 Å². The van der Waals surface area contributed by atoms with Crippen molar-refractivity contribution in [3.8, 4) is 5.75 Å². The van der Waals surface area contributed by atoms with Gasteiger partial charge in [0, 0.05) is 13.1 Å². The molecule has 0 saturated heterocycles. The van der Waals surface area contributed by atoms with Crippen molar-refractivity contribution in [2.45, 2.75) is 39.3 Å². The molecule has 0 spiro atoms. The molecule has 1 N–H and O–H groups in total. The highest BCUT2D eigenvalue weighted by Gasteiger charge is 2.23. The summed E-state index contributed by atoms with van der Waals surface area (Å²) in [7, 11) is 0. The van der Waals surface area contributed by atoms with Crippen LogP contribution in [0, 0.1) is 5.92 Å². The van der Waals surface area contributed by atoms with Crippen molar-refractivity contribution >= 4 is 5.91 Å². The van der Waals surface area contributed by atoms with Crippen molar-refractivity contribution in [2.75, 3.05) is 13.2 Å². The standard InChI is InChI=1S/C22H27NO3/c1-16(2)15-26-19-9-7-17(8-10-19)13-22(25)23-12-11-21(24)20-6-4-3-5-18(20)14-23/h3-10,16,21,24H,11-15H2,1-2H3/t21-/m0/s1. The maximum atomic E-state index is 12.7. The molecule has 2 aromatic rings. The Balaban J connectivity index is 1.63. The minimum absolute atomic E-state index is 0.0877. The Morgan fingerprint density at radius 3 is 2.65 bits per heavy atom. The first-order chi connectivity index (χ1) is 12.5. The number of benzene rings is 2. The summed E-state index contributed by atoms with van der Waals surface area (Å²) in [6.45, 7) is 6.05. The van der Waals surface area contributed by atoms with Gasteiger partial charge in [0.05, 0.1) is 19.1 Å². The van der Waals surface area contributed by atoms with E-state index in [2.05, 4.69) is 13.8 Å². The van der Waals surface area contributed by atoms with Crippen LogP contribution in [0.3, 0.4) is 0 Å². The average Bonchev–Trinajstić information content (AvgIpc) is 2.80. The molecule has 2 aromatic carbocycles. The van der Waals surface area contributed by atoms with Crippen LogP contribution in [0.4, 0.5) is 0 Å². The van der Waals surface area contributed by atoms with Gasteiger partial charge in [-0.3, -0.25) is 4.79 Å². The number of ether oxygens (including phenoxy) is 1. The van der Waals surface area contributed by atoms with Crippen LogP contribution in [0.1, 0.15) is 43.1 Å². The van der Waals surface area contributed by atoms with Crippen LogP contribution >= 0.6 is 0 Å². The van der Waals surface area contributed by atoms with Gasteiger partial charge < -0.3 is 14.7 Å². The SMILES string of the molecule is CC(C)COc1ccc(CC(=O)N2CC[C@H](O)c3ccccc3C2)cc1. The van der Waals surface area contributed by atoms with Crippen molar-refractivity contribution in [3.05, 3.63) is 65.2 Å². The highest BCUT2D eigenvalue weighted by molar-refractivity contribution is 5.79. The summed E-state index contributed by atoms with van der Waals surface area (Å²) < 4.78 is 5.69. The number of carbonyl (C=O) groups excluding carboxylic acids is 1. The molecule has 4 heteroatoms. The zero-order valence-corrected chi connectivity index (χ0v) is 15.5. The van der Waals surface area contributed by atoms with Gasteiger partial charge in [0.25, 0.3) is 0 Å². The summed E-state index contributed by atoms with van der Waals surface area (Å²) >= 11 is 0. The summed E-state index contributed by atoms with van der Waals surface area (Å²) in [5.41, 5.74) is 2.95. The Labute approximate surface area is 155 Å². The van der Waals surface area contributed by atoms with Crippen molar-refractivity contribution in [1.82, 2.24) is 4.90 Å². The monoisotopic (exact) mass is 353 g/mol. The lowest BCUT2D eigenvalue weighted by atomic mass is 10.0. The molecule has 1 heterocycles. The van der Waals surface area contributed by atoms with E-state index < -0.39 is 6.10 Å². The molecule has 1 aliphatic rings. The fourth-order valence-electron chi connectivity index (χ4n) is 3.19. The number of amides is 1. The highest BCUT2D eigenvalue weighted by atomic mass is 16.5. The Kier molecular flexibility index (Phi) is 5.94. The minimum Gasteiger partial charge on any atom is -0.493 e. The number of aliphatic hydroxyl groups is 1. The molecule has 1 atom stereocenters. The number of rotatable bonds is 5. The molecule has 4 nitrogen and oxygen atoms in total. The van der Waals surface area contributed by atoms with Gasteiger partial charge in [-0.2, -0.15) is 0 Å². The van der Waals surface area contributed by atoms with E-state index in [1.54, 1.807) is 0 Å². The maximum absolute atomic E-state index is 12.7. The zero-order valence-electron chi connectivity index (χ0n) is 15.5. The molecule has 0 saturated carbocycles. The van der Waals surface area contributed by atoms with Gasteiger partial charge in [0.1, 0.15) is 5.75 Å². The highest BCUT2D eigenvalue weighted by Crippen LogP contribution is 2.26. The van der Waals surface area contributed by atoms with Gasteiger partial charge in [-0.1, -0.05) is 50.2 Å². The topological polar surface area (TPSA) is 49.8 Å². The smallest absolute Gasteiger partial charge is 0.227 e. The average molecular weight is 353 g/mol. The zero-order chi connectivity index (χ0) is 18.5. The summed E-state index contributed by atoms with van der Waals surface area (Å²) in [5.74, 6) is 1.41. The first-order valence-corrected chi connectivity index (χ1v) is 9.28. The predicted molar refractivity (Wildman–Crippen MR) is 102 cm³/mol. The molecule has 0 fully saturated rings. The summed E-state index contributed by atoms with van der Waals surface area (Å²) in [4.78, 5) is 14.6. The Morgan fingerprint density at radius 2 is 1.92 bits per heavy atom. The second-order valence-electron chi connectivity index (χ2n) is 7.34. The molecular formula is C22H27NO3. The lowest BCUT2D eigenvalue weighted by Crippen LogP contribution is -2.32. The number of carbonyl (C=O) groups is 1. The van der Waals surface area contributed by atoms with E-state index in [0.717, 1.165) is 22.4 Å². The van der Waals surface area contributed by atoms with Crippen LogP contribution in [0.5, 0.6) is 5.75 Å². The number of nitrogens with zero attached hydrogens (tertiary/aromatic N) is 1. The van der Waals surface area contributed by atoms with E-state index in [1.165, 1.54) is 0 Å². The van der Waals surface area contributed by atoms with Gasteiger partial charge in [-0.15, -0.1) is 0 Å². The molecule has 0 aliphatic carbocycles. The van der Waals surface area contributed by atoms with E-state index in [4.69, 9.17) is 4.74 Å². The van der Waals surface area contributed by atoms with Gasteiger partial charge in [-0.05, 0) is 41.2 Å². The van der Waals surface area contributed by atoms with E-state index in [9.17, 15) is 9.90 Å². The number of aliphatic hydroxyl groups excluding tert-OH is 1. The molecule has 26 heavy (non-hydrogen) atoms. The third-order valence-electron chi connectivity index (χ3n) is 4.66. The van der Waals surface area contributed by atoms with Crippen molar-refractivity contribution in [1.29, 1.82) is 0 Å². The molecule has 0 bridgehead atoms. The first kappa shape index (κ1) is 18.5. The Morgan fingerprint density at radius 1 is 1.19 bits per heavy atom. The van der Waals surface area contributed by atoms with Crippen molar-refractivity contribution in [2.24, 2.45) is 5.92 Å². The lowest BCUT2D eigenvalue weighted by Gasteiger charge is -2.21. The number of hydrogen-bond acceptors (Lipinski definition) is 3. The quantitative estimate of drug-likeness (QED) is 0.891. The van der Waals surface area contributed by atoms with E-state index in [0.29, 0.717) is 38.5 Å². The third kappa shape index (κ3) is 4.64. The van der Waals surface area contributed by atoms with E-state index in [1.807, 2.05) is 53.4 Å². The summed E-state index contributed by atoms with van der Waals surface area (Å²) in [6.07, 6.45) is 0.439. The van der Waals surface area contributed by atoms with Crippen LogP contribution in [0.25, 0.3) is 0 Å². The van der Waals surface area contributed by atoms with Gasteiger partial charge in [0.2, 0.25) is 5.91 Å². The lowest BCUT2D eigenvalue weighted by molar-refractivity contribution is -0.131. The third-order valence-corrected chi connectivity index (χ3v) is 4.66. The molecule has 0 aromatic heterocycles. The minimum atomic E-state index is -0.499. The van der Waals surface area contributed by atoms with Crippen LogP contribution in [-0.2, 0) is 17.8 Å². The Hall–Kier alpha value is -2.33. The van der Waals surface area contributed by atoms with Gasteiger partial charge >= 0.3 is 0 Å². The van der Waals surface area contributed by atoms with Crippen molar-refractivity contribution in [3.63, 3.8) is 0 Å². The molecule has 138 valence electrons. The van der Waals surface area contributed by atoms with Gasteiger partial charge in [0.15, 0.2) is 0 Å². The Bertz CT molecular complexity index is 739. The fourth-order valence-corrected chi connectivity index (χ4v) is 3.19. The van der Waals surface area contributed by atoms with Crippen LogP contribution in [0.2, 0.25) is 0 Å². The van der Waals surface area contributed by atoms with Gasteiger partial charge in [-0.25, -0.2) is 0 Å². The fraction of sp³-hybridized carbons (Fsp3) is 0.409. The maximum Gasteiger partial charge on any atom is 0.227 e. The second-order valence-corrected chi connectivity index (χ2v) is 7.34. The number of fused-ring (bicyclic) bond motifs is 1. The molecule has 1 amide bonds. The van der Waals surface area contributed by atoms with Crippen molar-refractivity contribution < 1.29 is 14.6 Å². The largest absolute Gasteiger partial charge is 0.493 e. The second kappa shape index (κ2) is 8.37. The molecule has 0 radical (unpaired) electrons. The molecule has 3 rings (SSSR count). The molecular weight excluding hydrogens is 326 g/mol. The molecule has 0 unspecified atom stereocenters. The van der Waals surface area contributed by atoms with E-state index >= 15 is 0 Å². The predicted octanol–water partition coefficient (Wildman–Crippen LogP) is 3.73. The summed E-state index contributed by atoms with van der Waals surface area (Å²) in [6, 6.07) is 15.6. The molecule has 1 aliphatic heterocycles.